The average molecular weight is 849 g/mol. The van der Waals surface area contributed by atoms with Gasteiger partial charge < -0.3 is 54.7 Å². The topological polar surface area (TPSA) is 213 Å². The first-order valence-corrected chi connectivity index (χ1v) is 23.1. The third-order valence-corrected chi connectivity index (χ3v) is 18.4. The monoisotopic (exact) mass is 849 g/mol. The van der Waals surface area contributed by atoms with Crippen LogP contribution in [0.5, 0.6) is 0 Å². The van der Waals surface area contributed by atoms with Crippen LogP contribution in [-0.2, 0) is 28.5 Å². The van der Waals surface area contributed by atoms with Crippen molar-refractivity contribution in [1.29, 1.82) is 0 Å². The zero-order valence-electron chi connectivity index (χ0n) is 37.3. The summed E-state index contributed by atoms with van der Waals surface area (Å²) in [5.74, 6) is -1.30. The molecule has 0 bridgehead atoms. The zero-order chi connectivity index (χ0) is 44.0. The van der Waals surface area contributed by atoms with Crippen molar-refractivity contribution in [2.24, 2.45) is 56.2 Å². The van der Waals surface area contributed by atoms with E-state index < -0.39 is 72.4 Å². The van der Waals surface area contributed by atoms with E-state index in [1.165, 1.54) is 5.57 Å². The van der Waals surface area contributed by atoms with Gasteiger partial charge in [-0.1, -0.05) is 73.5 Å². The van der Waals surface area contributed by atoms with E-state index in [0.29, 0.717) is 31.6 Å². The smallest absolute Gasteiger partial charge is 0.338 e. The van der Waals surface area contributed by atoms with Crippen molar-refractivity contribution >= 4 is 11.9 Å². The maximum atomic E-state index is 14.7. The summed E-state index contributed by atoms with van der Waals surface area (Å²) in [6.07, 6.45) is -1.09. The van der Waals surface area contributed by atoms with Crippen molar-refractivity contribution in [3.63, 3.8) is 0 Å². The van der Waals surface area contributed by atoms with Gasteiger partial charge in [-0.05, 0) is 122 Å². The largest absolute Gasteiger partial charge is 0.464 e. The molecule has 1 aliphatic heterocycles. The molecule has 0 aromatic rings. The molecule has 18 atom stereocenters. The number of hydrogen-bond acceptors (Lipinski definition) is 13. The van der Waals surface area contributed by atoms with Crippen LogP contribution in [-0.4, -0.2) is 122 Å². The molecule has 0 spiro atoms. The van der Waals surface area contributed by atoms with E-state index in [4.69, 9.17) is 18.9 Å². The van der Waals surface area contributed by atoms with Crippen LogP contribution in [0.4, 0.5) is 0 Å². The molecule has 0 radical (unpaired) electrons. The Kier molecular flexibility index (Phi) is 12.7. The molecule has 6 fully saturated rings. The Morgan fingerprint density at radius 1 is 0.800 bits per heavy atom. The number of unbranched alkanes of at least 4 members (excludes halogenated alkanes) is 1. The number of aliphatic hydroxyl groups excluding tert-OH is 7. The average Bonchev–Trinajstić information content (AvgIpc) is 3.19. The van der Waals surface area contributed by atoms with Crippen LogP contribution in [0.3, 0.4) is 0 Å². The molecule has 0 aromatic carbocycles. The summed E-state index contributed by atoms with van der Waals surface area (Å²) in [5.41, 5.74) is -0.126. The number of esters is 2. The molecular formula is C47H76O13. The fourth-order valence-corrected chi connectivity index (χ4v) is 14.4. The Hall–Kier alpha value is -1.68. The zero-order valence-corrected chi connectivity index (χ0v) is 37.3. The highest BCUT2D eigenvalue weighted by Crippen LogP contribution is 2.76. The molecule has 1 heterocycles. The lowest BCUT2D eigenvalue weighted by Crippen LogP contribution is -2.66. The van der Waals surface area contributed by atoms with Crippen LogP contribution in [0.1, 0.15) is 139 Å². The number of allylic oxidation sites excluding steroid dienone is 2. The van der Waals surface area contributed by atoms with Crippen molar-refractivity contribution in [3.8, 4) is 0 Å². The highest BCUT2D eigenvalue weighted by atomic mass is 16.7. The minimum absolute atomic E-state index is 0.00309. The Morgan fingerprint density at radius 3 is 2.17 bits per heavy atom. The fraction of sp³-hybridized carbons (Fsp3) is 0.915. The first-order valence-electron chi connectivity index (χ1n) is 23.1. The molecule has 0 amide bonds. The summed E-state index contributed by atoms with van der Waals surface area (Å²) in [6, 6.07) is 0. The van der Waals surface area contributed by atoms with Crippen LogP contribution >= 0.6 is 0 Å². The summed E-state index contributed by atoms with van der Waals surface area (Å²) in [5, 5.41) is 74.4. The van der Waals surface area contributed by atoms with Gasteiger partial charge in [0.1, 0.15) is 36.6 Å². The maximum Gasteiger partial charge on any atom is 0.338 e. The quantitative estimate of drug-likeness (QED) is 0.0747. The summed E-state index contributed by atoms with van der Waals surface area (Å²) in [4.78, 5) is 27.6. The van der Waals surface area contributed by atoms with E-state index in [-0.39, 0.29) is 70.6 Å². The summed E-state index contributed by atoms with van der Waals surface area (Å²) in [6.45, 7) is 18.1. The number of rotatable bonds is 9. The summed E-state index contributed by atoms with van der Waals surface area (Å²) >= 11 is 0. The Bertz CT molecular complexity index is 1630. The highest BCUT2D eigenvalue weighted by molar-refractivity contribution is 5.79. The van der Waals surface area contributed by atoms with Gasteiger partial charge >= 0.3 is 11.9 Å². The van der Waals surface area contributed by atoms with Crippen molar-refractivity contribution in [3.05, 3.63) is 11.6 Å². The van der Waals surface area contributed by atoms with Gasteiger partial charge in [0.25, 0.3) is 0 Å². The van der Waals surface area contributed by atoms with E-state index in [0.717, 1.165) is 51.4 Å². The number of ether oxygens (including phenoxy) is 4. The van der Waals surface area contributed by atoms with Crippen LogP contribution in [0.15, 0.2) is 11.6 Å². The molecule has 7 rings (SSSR count). The molecule has 7 N–H and O–H groups in total. The number of aliphatic hydroxyl groups is 7. The second-order valence-corrected chi connectivity index (χ2v) is 22.4. The third kappa shape index (κ3) is 7.24. The molecule has 13 heteroatoms. The molecule has 342 valence electrons. The van der Waals surface area contributed by atoms with Gasteiger partial charge in [0.15, 0.2) is 12.4 Å². The van der Waals surface area contributed by atoms with Gasteiger partial charge in [0.2, 0.25) is 0 Å². The fourth-order valence-electron chi connectivity index (χ4n) is 14.4. The lowest BCUT2D eigenvalue weighted by atomic mass is 9.33. The Morgan fingerprint density at radius 2 is 1.48 bits per heavy atom. The molecule has 6 aliphatic carbocycles. The normalized spacial score (nSPS) is 49.5. The molecule has 5 saturated carbocycles. The van der Waals surface area contributed by atoms with Crippen LogP contribution in [0.25, 0.3) is 0 Å². The maximum absolute atomic E-state index is 14.7. The lowest BCUT2D eigenvalue weighted by Gasteiger charge is -2.71. The van der Waals surface area contributed by atoms with Crippen molar-refractivity contribution in [2.75, 3.05) is 13.2 Å². The molecule has 13 nitrogen and oxygen atoms in total. The first kappa shape index (κ1) is 46.3. The van der Waals surface area contributed by atoms with Gasteiger partial charge in [0, 0.05) is 12.5 Å². The molecule has 60 heavy (non-hydrogen) atoms. The summed E-state index contributed by atoms with van der Waals surface area (Å²) < 4.78 is 24.0. The minimum atomic E-state index is -1.65. The van der Waals surface area contributed by atoms with Gasteiger partial charge in [-0.25, -0.2) is 4.79 Å². The van der Waals surface area contributed by atoms with Crippen LogP contribution < -0.4 is 0 Å². The van der Waals surface area contributed by atoms with Gasteiger partial charge in [-0.3, -0.25) is 4.79 Å². The number of carbonyl (C=O) groups excluding carboxylic acids is 2. The van der Waals surface area contributed by atoms with Crippen molar-refractivity contribution in [1.82, 2.24) is 0 Å². The predicted octanol–water partition coefficient (Wildman–Crippen LogP) is 4.33. The number of hydrogen-bond donors (Lipinski definition) is 7. The molecule has 0 aromatic heterocycles. The van der Waals surface area contributed by atoms with Crippen LogP contribution in [0.2, 0.25) is 0 Å². The number of carbonyl (C=O) groups is 2. The second kappa shape index (κ2) is 16.4. The second-order valence-electron chi connectivity index (χ2n) is 22.4. The molecule has 7 aliphatic rings. The highest BCUT2D eigenvalue weighted by Gasteiger charge is 2.70. The first-order chi connectivity index (χ1) is 28.0. The predicted molar refractivity (Wildman–Crippen MR) is 220 cm³/mol. The van der Waals surface area contributed by atoms with Crippen LogP contribution in [0, 0.1) is 56.2 Å². The van der Waals surface area contributed by atoms with E-state index in [1.807, 2.05) is 6.92 Å². The van der Waals surface area contributed by atoms with E-state index in [1.54, 1.807) is 0 Å². The molecule has 0 unspecified atom stereocenters. The van der Waals surface area contributed by atoms with Crippen molar-refractivity contribution in [2.45, 2.75) is 200 Å². The standard InChI is InChI=1S/C47H76O13/c1-9-10-21-57-39(55)38-36(53)35(52)37(54)40(60-38)59-31-14-15-44(6)29(43(31,4)5)13-16-46(8)30(44)12-11-26-27-23-42(2,3)17-19-47(27,20-18-45(26,46)7)41(56)58-28-22-25(24-48)32(49)34(51)33(28)50/h11,25,27-38,40,48-54H,9-10,12-24H2,1-8H3/t25-,27+,28-,29+,30-,31+,32-,33+,34+,35+,36+,37-,38+,40-,44+,45-,46-,47+/m1/s1. The molecule has 1 saturated heterocycles. The molecular weight excluding hydrogens is 773 g/mol. The van der Waals surface area contributed by atoms with E-state index >= 15 is 0 Å². The lowest BCUT2D eigenvalue weighted by molar-refractivity contribution is -0.324. The third-order valence-electron chi connectivity index (χ3n) is 18.4. The van der Waals surface area contributed by atoms with E-state index in [9.17, 15) is 45.3 Å². The SMILES string of the molecule is CCCCOC(=O)[C@H]1O[C@@H](O[C@H]2CC[C@]3(C)[C@H]4CC=C5[C@@H]6CC(C)(C)CC[C@]6(C(=O)O[C@@H]6C[C@H](CO)[C@@H](O)[C@H](O)[C@H]6O)CC[C@@]5(C)[C@]4(C)CC[C@H]3C2(C)C)[C@H](O)[C@@H](O)[C@@H]1O. The Labute approximate surface area is 356 Å². The van der Waals surface area contributed by atoms with Gasteiger partial charge in [-0.15, -0.1) is 0 Å². The summed E-state index contributed by atoms with van der Waals surface area (Å²) in [7, 11) is 0. The van der Waals surface area contributed by atoms with Gasteiger partial charge in [-0.2, -0.15) is 0 Å². The Balaban J connectivity index is 1.13. The van der Waals surface area contributed by atoms with Gasteiger partial charge in [0.05, 0.1) is 24.2 Å². The van der Waals surface area contributed by atoms with E-state index in [2.05, 4.69) is 54.5 Å². The number of fused-ring (bicyclic) bond motifs is 7. The van der Waals surface area contributed by atoms with Crippen molar-refractivity contribution < 1.29 is 64.3 Å². The minimum Gasteiger partial charge on any atom is -0.464 e.